The van der Waals surface area contributed by atoms with Crippen molar-refractivity contribution in [2.24, 2.45) is 5.92 Å². The molecule has 10 heteroatoms. The first-order valence-corrected chi connectivity index (χ1v) is 12.4. The lowest BCUT2D eigenvalue weighted by Crippen LogP contribution is -2.36. The quantitative estimate of drug-likeness (QED) is 0.384. The van der Waals surface area contributed by atoms with E-state index < -0.39 is 6.09 Å². The molecule has 2 amide bonds. The molecule has 3 atom stereocenters. The summed E-state index contributed by atoms with van der Waals surface area (Å²) in [6, 6.07) is 6.94. The molecule has 4 heterocycles. The number of methoxy groups -OCH3 is 1. The van der Waals surface area contributed by atoms with E-state index in [0.717, 1.165) is 24.1 Å². The van der Waals surface area contributed by atoms with Crippen LogP contribution in [0.5, 0.6) is 5.75 Å². The molecule has 2 aliphatic heterocycles. The number of nitrogens with zero attached hydrogens (tertiary/aromatic N) is 2. The van der Waals surface area contributed by atoms with Crippen LogP contribution in [0, 0.1) is 17.8 Å². The number of carbonyl (C=O) groups is 2. The van der Waals surface area contributed by atoms with Gasteiger partial charge in [-0.1, -0.05) is 29.5 Å². The maximum Gasteiger partial charge on any atom is 0.408 e. The molecule has 0 radical (unpaired) electrons. The van der Waals surface area contributed by atoms with Crippen molar-refractivity contribution in [2.75, 3.05) is 19.0 Å². The number of anilines is 2. The topological polar surface area (TPSA) is 120 Å². The highest BCUT2D eigenvalue weighted by Crippen LogP contribution is 2.47. The van der Waals surface area contributed by atoms with E-state index in [1.165, 1.54) is 12.0 Å². The molecule has 6 rings (SSSR count). The van der Waals surface area contributed by atoms with E-state index in [2.05, 4.69) is 32.4 Å². The molecule has 188 valence electrons. The molecule has 0 spiro atoms. The van der Waals surface area contributed by atoms with Gasteiger partial charge in [0.2, 0.25) is 0 Å². The number of amides is 2. The molecule has 2 aromatic heterocycles. The number of ether oxygens (including phenoxy) is 1. The average molecular weight is 518 g/mol. The van der Waals surface area contributed by atoms with Crippen molar-refractivity contribution in [3.8, 4) is 28.8 Å². The summed E-state index contributed by atoms with van der Waals surface area (Å²) in [6.07, 6.45) is 4.71. The number of H-pyrrole nitrogens is 1. The fraction of sp³-hybridized carbons (Fsp3) is 0.296. The number of fused-ring (bicyclic) bond motifs is 2. The lowest BCUT2D eigenvalue weighted by atomic mass is 10.0. The Hall–Kier alpha value is -4.16. The van der Waals surface area contributed by atoms with Crippen molar-refractivity contribution in [3.63, 3.8) is 0 Å². The van der Waals surface area contributed by atoms with Crippen LogP contribution in [0.4, 0.5) is 16.2 Å². The Morgan fingerprint density at radius 2 is 2.19 bits per heavy atom. The van der Waals surface area contributed by atoms with Crippen molar-refractivity contribution in [1.82, 2.24) is 20.2 Å². The highest BCUT2D eigenvalue weighted by atomic mass is 35.5. The Bertz CT molecular complexity index is 1490. The summed E-state index contributed by atoms with van der Waals surface area (Å²) in [6.45, 7) is 0.532. The van der Waals surface area contributed by atoms with Gasteiger partial charge >= 0.3 is 6.09 Å². The summed E-state index contributed by atoms with van der Waals surface area (Å²) in [4.78, 5) is 33.9. The summed E-state index contributed by atoms with van der Waals surface area (Å²) in [7, 11) is 1.54. The van der Waals surface area contributed by atoms with Crippen molar-refractivity contribution in [1.29, 1.82) is 0 Å². The molecule has 9 nitrogen and oxygen atoms in total. The number of likely N-dealkylation sites (tertiary alicyclic amines) is 1. The Balaban J connectivity index is 1.44. The van der Waals surface area contributed by atoms with Gasteiger partial charge in [0.1, 0.15) is 0 Å². The van der Waals surface area contributed by atoms with E-state index in [1.807, 2.05) is 12.1 Å². The van der Waals surface area contributed by atoms with Crippen molar-refractivity contribution < 1.29 is 19.4 Å². The van der Waals surface area contributed by atoms with Crippen molar-refractivity contribution in [2.45, 2.75) is 31.3 Å². The van der Waals surface area contributed by atoms with Gasteiger partial charge in [-0.05, 0) is 37.0 Å². The lowest BCUT2D eigenvalue weighted by Gasteiger charge is -2.19. The first-order valence-electron chi connectivity index (χ1n) is 12.1. The second-order valence-electron chi connectivity index (χ2n) is 9.38. The maximum absolute atomic E-state index is 13.0. The molecule has 1 aromatic carbocycles. The molecule has 0 unspecified atom stereocenters. The summed E-state index contributed by atoms with van der Waals surface area (Å²) < 4.78 is 5.51. The molecule has 1 saturated carbocycles. The SMILES string of the molecule is COc1c(Cl)cccc1Nc1c(-c2ccncc2C#C[C@@H]2C[C@@H]3C[C@@H]3N2C(=O)O)[nH]c2c1C(=O)NCC2. The Morgan fingerprint density at radius 1 is 1.32 bits per heavy atom. The Kier molecular flexibility index (Phi) is 5.69. The smallest absolute Gasteiger partial charge is 0.408 e. The number of benzene rings is 1. The number of hydrogen-bond donors (Lipinski definition) is 4. The van der Waals surface area contributed by atoms with Crippen LogP contribution in [0.3, 0.4) is 0 Å². The normalized spacial score (nSPS) is 21.3. The molecule has 37 heavy (non-hydrogen) atoms. The van der Waals surface area contributed by atoms with Crippen LogP contribution in [-0.2, 0) is 6.42 Å². The van der Waals surface area contributed by atoms with Crippen LogP contribution in [0.1, 0.15) is 34.5 Å². The summed E-state index contributed by atoms with van der Waals surface area (Å²) in [5.41, 5.74) is 4.58. The van der Waals surface area contributed by atoms with Gasteiger partial charge in [0.15, 0.2) is 5.75 Å². The molecule has 3 aromatic rings. The van der Waals surface area contributed by atoms with E-state index in [4.69, 9.17) is 16.3 Å². The minimum absolute atomic E-state index is 0.0855. The molecular weight excluding hydrogens is 494 g/mol. The zero-order chi connectivity index (χ0) is 25.7. The van der Waals surface area contributed by atoms with E-state index in [9.17, 15) is 14.7 Å². The second kappa shape index (κ2) is 9.05. The number of pyridine rings is 1. The van der Waals surface area contributed by atoms with E-state index in [0.29, 0.717) is 57.9 Å². The molecule has 3 aliphatic rings. The third-order valence-electron chi connectivity index (χ3n) is 7.19. The molecular formula is C27H24ClN5O4. The lowest BCUT2D eigenvalue weighted by molar-refractivity contribution is 0.0946. The number of aromatic nitrogens is 2. The van der Waals surface area contributed by atoms with Gasteiger partial charge < -0.3 is 25.5 Å². The van der Waals surface area contributed by atoms with E-state index in [-0.39, 0.29) is 18.0 Å². The number of aromatic amines is 1. The van der Waals surface area contributed by atoms with E-state index >= 15 is 0 Å². The monoisotopic (exact) mass is 517 g/mol. The average Bonchev–Trinajstić information content (AvgIpc) is 3.38. The molecule has 1 saturated heterocycles. The second-order valence-corrected chi connectivity index (χ2v) is 9.78. The number of carbonyl (C=O) groups excluding carboxylic acids is 1. The number of halogens is 1. The minimum Gasteiger partial charge on any atom is -0.493 e. The van der Waals surface area contributed by atoms with Gasteiger partial charge in [0, 0.05) is 42.7 Å². The summed E-state index contributed by atoms with van der Waals surface area (Å²) in [5, 5.41) is 16.4. The number of para-hydroxylation sites is 1. The highest BCUT2D eigenvalue weighted by Gasteiger charge is 2.53. The largest absolute Gasteiger partial charge is 0.493 e. The maximum atomic E-state index is 13.0. The van der Waals surface area contributed by atoms with Gasteiger partial charge in [0.25, 0.3) is 5.91 Å². The molecule has 1 aliphatic carbocycles. The van der Waals surface area contributed by atoms with Gasteiger partial charge in [-0.25, -0.2) is 4.79 Å². The van der Waals surface area contributed by atoms with Crippen LogP contribution in [0.2, 0.25) is 5.02 Å². The van der Waals surface area contributed by atoms with Gasteiger partial charge in [-0.15, -0.1) is 0 Å². The summed E-state index contributed by atoms with van der Waals surface area (Å²) >= 11 is 6.35. The number of nitrogens with one attached hydrogen (secondary N) is 3. The van der Waals surface area contributed by atoms with E-state index in [1.54, 1.807) is 24.5 Å². The van der Waals surface area contributed by atoms with Gasteiger partial charge in [0.05, 0.1) is 46.4 Å². The third kappa shape index (κ3) is 4.03. The van der Waals surface area contributed by atoms with Crippen LogP contribution < -0.4 is 15.4 Å². The van der Waals surface area contributed by atoms with Crippen LogP contribution in [0.25, 0.3) is 11.3 Å². The predicted molar refractivity (Wildman–Crippen MR) is 138 cm³/mol. The zero-order valence-electron chi connectivity index (χ0n) is 20.0. The fourth-order valence-electron chi connectivity index (χ4n) is 5.39. The first kappa shape index (κ1) is 23.3. The predicted octanol–water partition coefficient (Wildman–Crippen LogP) is 4.26. The van der Waals surface area contributed by atoms with Crippen LogP contribution in [0.15, 0.2) is 36.7 Å². The van der Waals surface area contributed by atoms with Crippen LogP contribution in [-0.4, -0.2) is 57.7 Å². The number of carboxylic acid groups (broad SMARTS) is 1. The standard InChI is InChI=1S/C27H24ClN5O4/c1-37-25-18(28)3-2-4-20(25)32-24-22-19(8-10-30-26(22)34)31-23(24)17-7-9-29-13-14(17)5-6-16-11-15-12-21(15)33(16)27(35)36/h2-4,7,9,13,15-16,21,31-32H,8,10-12H2,1H3,(H,30,34)(H,35,36)/t15-,16-,21+/m1/s1. The van der Waals surface area contributed by atoms with Crippen molar-refractivity contribution in [3.05, 3.63) is 58.5 Å². The van der Waals surface area contributed by atoms with Gasteiger partial charge in [-0.2, -0.15) is 0 Å². The van der Waals surface area contributed by atoms with Crippen LogP contribution >= 0.6 is 11.6 Å². The molecule has 2 fully saturated rings. The first-order chi connectivity index (χ1) is 18.0. The Morgan fingerprint density at radius 3 is 3.00 bits per heavy atom. The number of piperidine rings is 1. The molecule has 0 bridgehead atoms. The molecule has 4 N–H and O–H groups in total. The highest BCUT2D eigenvalue weighted by molar-refractivity contribution is 6.32. The number of rotatable bonds is 4. The zero-order valence-corrected chi connectivity index (χ0v) is 20.7. The van der Waals surface area contributed by atoms with Gasteiger partial charge in [-0.3, -0.25) is 14.7 Å². The fourth-order valence-corrected chi connectivity index (χ4v) is 5.64. The summed E-state index contributed by atoms with van der Waals surface area (Å²) in [5.74, 6) is 7.03. The van der Waals surface area contributed by atoms with Crippen molar-refractivity contribution >= 4 is 35.0 Å². The third-order valence-corrected chi connectivity index (χ3v) is 7.48. The Labute approximate surface area is 218 Å². The number of hydrogen-bond acceptors (Lipinski definition) is 5. The minimum atomic E-state index is -0.930.